The second-order valence-corrected chi connectivity index (χ2v) is 15.5. The molecule has 1 amide bonds. The summed E-state index contributed by atoms with van der Waals surface area (Å²) in [5, 5.41) is 23.1. The molecule has 0 bridgehead atoms. The van der Waals surface area contributed by atoms with Crippen LogP contribution in [0.3, 0.4) is 0 Å². The minimum absolute atomic E-state index is 0.0339. The van der Waals surface area contributed by atoms with Gasteiger partial charge in [0, 0.05) is 6.42 Å². The first-order valence-corrected chi connectivity index (χ1v) is 22.7. The van der Waals surface area contributed by atoms with Crippen LogP contribution in [0, 0.1) is 0 Å². The van der Waals surface area contributed by atoms with Crippen molar-refractivity contribution in [3.05, 3.63) is 36.5 Å². The smallest absolute Gasteiger partial charge is 0.220 e. The van der Waals surface area contributed by atoms with Crippen LogP contribution in [-0.4, -0.2) is 34.9 Å². The highest BCUT2D eigenvalue weighted by Gasteiger charge is 2.20. The Morgan fingerprint density at radius 3 is 1.20 bits per heavy atom. The van der Waals surface area contributed by atoms with Crippen molar-refractivity contribution in [2.24, 2.45) is 0 Å². The number of carbonyl (C=O) groups excluding carboxylic acids is 1. The molecule has 4 nitrogen and oxygen atoms in total. The maximum Gasteiger partial charge on any atom is 0.220 e. The van der Waals surface area contributed by atoms with Gasteiger partial charge in [0.15, 0.2) is 0 Å². The second kappa shape index (κ2) is 43.0. The minimum atomic E-state index is -0.658. The molecule has 0 aliphatic rings. The Morgan fingerprint density at radius 2 is 0.804 bits per heavy atom. The molecule has 0 spiro atoms. The highest BCUT2D eigenvalue weighted by atomic mass is 16.3. The van der Waals surface area contributed by atoms with Crippen molar-refractivity contribution in [2.75, 3.05) is 6.61 Å². The van der Waals surface area contributed by atoms with Crippen LogP contribution in [0.25, 0.3) is 0 Å². The standard InChI is InChI=1S/C47H89NO3/c1-3-5-7-9-11-13-15-17-18-19-20-21-22-23-24-25-26-27-28-29-30-31-33-35-37-39-41-43-47(51)48-45(44-49)46(50)42-40-38-36-34-32-16-14-12-10-8-6-4-2/h15,17,19-20,22-23,45-46,49-50H,3-14,16,18,21,24-44H2,1-2H3,(H,48,51)/b17-15-,20-19-,23-22-. The number of hydrogen-bond donors (Lipinski definition) is 3. The van der Waals surface area contributed by atoms with Gasteiger partial charge in [-0.2, -0.15) is 0 Å². The van der Waals surface area contributed by atoms with Gasteiger partial charge < -0.3 is 15.5 Å². The Hall–Kier alpha value is -1.39. The number of nitrogens with one attached hydrogen (secondary N) is 1. The second-order valence-electron chi connectivity index (χ2n) is 15.5. The van der Waals surface area contributed by atoms with E-state index in [2.05, 4.69) is 55.6 Å². The number of allylic oxidation sites excluding steroid dienone is 6. The quantitative estimate of drug-likeness (QED) is 0.0436. The van der Waals surface area contributed by atoms with E-state index < -0.39 is 12.1 Å². The Kier molecular flexibility index (Phi) is 41.8. The molecule has 0 heterocycles. The molecule has 51 heavy (non-hydrogen) atoms. The van der Waals surface area contributed by atoms with Crippen LogP contribution < -0.4 is 5.32 Å². The first-order valence-electron chi connectivity index (χ1n) is 22.7. The molecule has 0 aliphatic carbocycles. The third kappa shape index (κ3) is 39.6. The van der Waals surface area contributed by atoms with Crippen LogP contribution >= 0.6 is 0 Å². The average Bonchev–Trinajstić information content (AvgIpc) is 3.13. The zero-order valence-corrected chi connectivity index (χ0v) is 34.4. The van der Waals surface area contributed by atoms with Gasteiger partial charge in [-0.3, -0.25) is 4.79 Å². The summed E-state index contributed by atoms with van der Waals surface area (Å²) in [6.07, 6.45) is 56.5. The molecular formula is C47H89NO3. The summed E-state index contributed by atoms with van der Waals surface area (Å²) in [4.78, 5) is 12.4. The number of aliphatic hydroxyl groups excluding tert-OH is 2. The Bertz CT molecular complexity index is 775. The summed E-state index contributed by atoms with van der Waals surface area (Å²) in [5.74, 6) is -0.0339. The maximum absolute atomic E-state index is 12.4. The fraction of sp³-hybridized carbons (Fsp3) is 0.851. The normalized spacial score (nSPS) is 13.3. The van der Waals surface area contributed by atoms with E-state index in [1.54, 1.807) is 0 Å². The largest absolute Gasteiger partial charge is 0.394 e. The molecule has 4 heteroatoms. The molecule has 0 radical (unpaired) electrons. The lowest BCUT2D eigenvalue weighted by atomic mass is 10.0. The number of carbonyl (C=O) groups is 1. The Morgan fingerprint density at radius 1 is 0.471 bits per heavy atom. The van der Waals surface area contributed by atoms with E-state index in [0.717, 1.165) is 38.5 Å². The highest BCUT2D eigenvalue weighted by molar-refractivity contribution is 5.76. The molecule has 300 valence electrons. The zero-order valence-electron chi connectivity index (χ0n) is 34.4. The van der Waals surface area contributed by atoms with E-state index >= 15 is 0 Å². The predicted octanol–water partition coefficient (Wildman–Crippen LogP) is 14.2. The van der Waals surface area contributed by atoms with Crippen LogP contribution in [0.15, 0.2) is 36.5 Å². The van der Waals surface area contributed by atoms with Crippen molar-refractivity contribution in [1.82, 2.24) is 5.32 Å². The van der Waals surface area contributed by atoms with Gasteiger partial charge in [-0.15, -0.1) is 0 Å². The molecule has 0 saturated heterocycles. The molecule has 0 aromatic rings. The van der Waals surface area contributed by atoms with Crippen LogP contribution in [0.5, 0.6) is 0 Å². The number of rotatable bonds is 41. The molecule has 0 rings (SSSR count). The Balaban J connectivity index is 3.49. The summed E-state index contributed by atoms with van der Waals surface area (Å²) in [6, 6.07) is -0.535. The van der Waals surface area contributed by atoms with Crippen molar-refractivity contribution in [1.29, 1.82) is 0 Å². The van der Waals surface area contributed by atoms with E-state index in [1.807, 2.05) is 0 Å². The van der Waals surface area contributed by atoms with Crippen molar-refractivity contribution in [3.63, 3.8) is 0 Å². The van der Waals surface area contributed by atoms with Gasteiger partial charge in [0.2, 0.25) is 5.91 Å². The number of amides is 1. The molecule has 0 fully saturated rings. The lowest BCUT2D eigenvalue weighted by Gasteiger charge is -2.22. The zero-order chi connectivity index (χ0) is 37.1. The van der Waals surface area contributed by atoms with E-state index in [-0.39, 0.29) is 12.5 Å². The molecule has 0 aromatic heterocycles. The van der Waals surface area contributed by atoms with Gasteiger partial charge in [-0.25, -0.2) is 0 Å². The highest BCUT2D eigenvalue weighted by Crippen LogP contribution is 2.16. The van der Waals surface area contributed by atoms with Gasteiger partial charge in [0.1, 0.15) is 0 Å². The van der Waals surface area contributed by atoms with Crippen molar-refractivity contribution in [3.8, 4) is 0 Å². The lowest BCUT2D eigenvalue weighted by Crippen LogP contribution is -2.45. The fourth-order valence-electron chi connectivity index (χ4n) is 6.90. The van der Waals surface area contributed by atoms with Crippen molar-refractivity contribution < 1.29 is 15.0 Å². The van der Waals surface area contributed by atoms with Crippen LogP contribution in [0.4, 0.5) is 0 Å². The molecule has 3 N–H and O–H groups in total. The maximum atomic E-state index is 12.4. The third-order valence-corrected chi connectivity index (χ3v) is 10.4. The molecular weight excluding hydrogens is 627 g/mol. The number of aliphatic hydroxyl groups is 2. The Labute approximate surface area is 319 Å². The van der Waals surface area contributed by atoms with Crippen LogP contribution in [0.2, 0.25) is 0 Å². The average molecular weight is 716 g/mol. The predicted molar refractivity (Wildman–Crippen MR) is 225 cm³/mol. The first-order chi connectivity index (χ1) is 25.2. The fourth-order valence-corrected chi connectivity index (χ4v) is 6.90. The summed E-state index contributed by atoms with van der Waals surface area (Å²) in [6.45, 7) is 4.34. The molecule has 0 saturated carbocycles. The van der Waals surface area contributed by atoms with E-state index in [9.17, 15) is 15.0 Å². The first kappa shape index (κ1) is 49.6. The van der Waals surface area contributed by atoms with Gasteiger partial charge in [0.25, 0.3) is 0 Å². The van der Waals surface area contributed by atoms with Gasteiger partial charge in [-0.1, -0.05) is 217 Å². The molecule has 0 aromatic carbocycles. The van der Waals surface area contributed by atoms with Gasteiger partial charge >= 0.3 is 0 Å². The van der Waals surface area contributed by atoms with Crippen molar-refractivity contribution in [2.45, 2.75) is 251 Å². The van der Waals surface area contributed by atoms with E-state index in [0.29, 0.717) is 12.8 Å². The summed E-state index contributed by atoms with van der Waals surface area (Å²) < 4.78 is 0. The number of unbranched alkanes of at least 4 members (excludes halogenated alkanes) is 28. The van der Waals surface area contributed by atoms with Crippen LogP contribution in [-0.2, 0) is 4.79 Å². The monoisotopic (exact) mass is 716 g/mol. The summed E-state index contributed by atoms with van der Waals surface area (Å²) in [7, 11) is 0. The van der Waals surface area contributed by atoms with E-state index in [1.165, 1.54) is 173 Å². The summed E-state index contributed by atoms with van der Waals surface area (Å²) in [5.41, 5.74) is 0. The van der Waals surface area contributed by atoms with Gasteiger partial charge in [0.05, 0.1) is 18.8 Å². The topological polar surface area (TPSA) is 69.6 Å². The summed E-state index contributed by atoms with van der Waals surface area (Å²) >= 11 is 0. The minimum Gasteiger partial charge on any atom is -0.394 e. The third-order valence-electron chi connectivity index (χ3n) is 10.4. The van der Waals surface area contributed by atoms with E-state index in [4.69, 9.17) is 0 Å². The molecule has 2 unspecified atom stereocenters. The van der Waals surface area contributed by atoms with Gasteiger partial charge in [-0.05, 0) is 51.4 Å². The SMILES string of the molecule is CCCCCCC/C=C\C/C=C\C/C=C\CCCCCCCCCCCCCCC(=O)NC(CO)C(O)CCCCCCCCCCCCCC. The lowest BCUT2D eigenvalue weighted by molar-refractivity contribution is -0.123. The molecule has 2 atom stereocenters. The number of hydrogen-bond acceptors (Lipinski definition) is 3. The molecule has 0 aliphatic heterocycles. The van der Waals surface area contributed by atoms with Crippen LogP contribution in [0.1, 0.15) is 239 Å². The van der Waals surface area contributed by atoms with Crippen molar-refractivity contribution >= 4 is 5.91 Å².